The van der Waals surface area contributed by atoms with E-state index in [9.17, 15) is 13.6 Å². The van der Waals surface area contributed by atoms with Gasteiger partial charge in [-0.1, -0.05) is 0 Å². The second kappa shape index (κ2) is 7.04. The van der Waals surface area contributed by atoms with Crippen LogP contribution in [-0.2, 0) is 13.0 Å². The Morgan fingerprint density at radius 1 is 1.24 bits per heavy atom. The molecule has 0 aliphatic carbocycles. The van der Waals surface area contributed by atoms with Crippen LogP contribution >= 0.6 is 0 Å². The summed E-state index contributed by atoms with van der Waals surface area (Å²) in [6.45, 7) is 4.05. The highest BCUT2D eigenvalue weighted by Crippen LogP contribution is 2.26. The number of aromatic nitrogens is 1. The molecule has 0 spiro atoms. The first-order chi connectivity index (χ1) is 12.0. The van der Waals surface area contributed by atoms with E-state index in [-0.39, 0.29) is 24.6 Å². The van der Waals surface area contributed by atoms with Crippen molar-refractivity contribution in [2.75, 3.05) is 11.9 Å². The fourth-order valence-corrected chi connectivity index (χ4v) is 2.76. The fraction of sp³-hybridized carbons (Fsp3) is 0.333. The maximum Gasteiger partial charge on any atom is 0.322 e. The molecule has 3 rings (SSSR count). The molecule has 2 amide bonds. The highest BCUT2D eigenvalue weighted by Gasteiger charge is 2.26. The molecular weight excluding hydrogens is 328 g/mol. The molecule has 0 saturated carbocycles. The second-order valence-corrected chi connectivity index (χ2v) is 6.11. The lowest BCUT2D eigenvalue weighted by Crippen LogP contribution is -2.39. The van der Waals surface area contributed by atoms with Crippen molar-refractivity contribution in [1.29, 1.82) is 0 Å². The van der Waals surface area contributed by atoms with Crippen LogP contribution in [0.5, 0.6) is 5.88 Å². The number of ether oxygens (including phenoxy) is 1. The van der Waals surface area contributed by atoms with Crippen LogP contribution in [0.1, 0.15) is 25.0 Å². The van der Waals surface area contributed by atoms with E-state index in [2.05, 4.69) is 10.3 Å². The van der Waals surface area contributed by atoms with Crippen molar-refractivity contribution in [3.8, 4) is 5.88 Å². The van der Waals surface area contributed by atoms with Gasteiger partial charge >= 0.3 is 6.03 Å². The zero-order valence-electron chi connectivity index (χ0n) is 14.1. The Morgan fingerprint density at radius 2 is 1.96 bits per heavy atom. The van der Waals surface area contributed by atoms with Gasteiger partial charge in [0.1, 0.15) is 17.3 Å². The van der Waals surface area contributed by atoms with E-state index in [0.717, 1.165) is 12.1 Å². The first-order valence-electron chi connectivity index (χ1n) is 8.09. The topological polar surface area (TPSA) is 54.5 Å². The molecule has 0 atom stereocenters. The van der Waals surface area contributed by atoms with Gasteiger partial charge in [-0.2, -0.15) is 0 Å². The molecule has 1 aromatic heterocycles. The van der Waals surface area contributed by atoms with Crippen LogP contribution in [0.3, 0.4) is 0 Å². The van der Waals surface area contributed by atoms with E-state index in [1.807, 2.05) is 13.8 Å². The van der Waals surface area contributed by atoms with E-state index in [0.29, 0.717) is 23.7 Å². The zero-order chi connectivity index (χ0) is 18.0. The molecular formula is C18H19F2N3O2. The number of hydrogen-bond acceptors (Lipinski definition) is 3. The van der Waals surface area contributed by atoms with Crippen molar-refractivity contribution in [2.45, 2.75) is 32.9 Å². The molecule has 132 valence electrons. The Morgan fingerprint density at radius 3 is 2.68 bits per heavy atom. The molecule has 1 N–H and O–H groups in total. The Hall–Kier alpha value is -2.70. The van der Waals surface area contributed by atoms with Gasteiger partial charge in [0.05, 0.1) is 12.6 Å². The van der Waals surface area contributed by atoms with Gasteiger partial charge in [-0.05, 0) is 50.1 Å². The summed E-state index contributed by atoms with van der Waals surface area (Å²) in [5, 5.41) is 2.73. The number of amides is 2. The normalized spacial score (nSPS) is 13.6. The summed E-state index contributed by atoms with van der Waals surface area (Å²) >= 11 is 0. The quantitative estimate of drug-likeness (QED) is 0.920. The third-order valence-electron chi connectivity index (χ3n) is 3.94. The monoisotopic (exact) mass is 347 g/mol. The fourth-order valence-electron chi connectivity index (χ4n) is 2.76. The molecule has 2 aromatic rings. The minimum atomic E-state index is -0.501. The van der Waals surface area contributed by atoms with E-state index >= 15 is 0 Å². The average Bonchev–Trinajstić information content (AvgIpc) is 2.59. The molecule has 5 nitrogen and oxygen atoms in total. The van der Waals surface area contributed by atoms with Gasteiger partial charge < -0.3 is 15.0 Å². The molecule has 25 heavy (non-hydrogen) atoms. The standard InChI is InChI=1S/C18H19F2N3O2/c1-11(2)25-17-16(4-3-8-21-17)22-18(24)23-9-7-12-13(10-23)15(20)6-5-14(12)19/h3-6,8,11H,7,9-10H2,1-2H3,(H,22,24). The van der Waals surface area contributed by atoms with Gasteiger partial charge in [-0.25, -0.2) is 18.6 Å². The molecule has 1 aliphatic rings. The molecule has 0 saturated heterocycles. The predicted octanol–water partition coefficient (Wildman–Crippen LogP) is 3.74. The van der Waals surface area contributed by atoms with Gasteiger partial charge in [-0.3, -0.25) is 0 Å². The third-order valence-corrected chi connectivity index (χ3v) is 3.94. The molecule has 1 aliphatic heterocycles. The second-order valence-electron chi connectivity index (χ2n) is 6.11. The highest BCUT2D eigenvalue weighted by atomic mass is 19.1. The molecule has 0 radical (unpaired) electrons. The Labute approximate surface area is 144 Å². The number of nitrogens with zero attached hydrogens (tertiary/aromatic N) is 2. The van der Waals surface area contributed by atoms with Crippen LogP contribution in [0.2, 0.25) is 0 Å². The third kappa shape index (κ3) is 3.70. The number of nitrogens with one attached hydrogen (secondary N) is 1. The Bertz CT molecular complexity index is 796. The van der Waals surface area contributed by atoms with Crippen LogP contribution < -0.4 is 10.1 Å². The number of halogens is 2. The maximum absolute atomic E-state index is 14.0. The van der Waals surface area contributed by atoms with Gasteiger partial charge in [0, 0.05) is 18.3 Å². The van der Waals surface area contributed by atoms with E-state index in [1.54, 1.807) is 18.3 Å². The lowest BCUT2D eigenvalue weighted by Gasteiger charge is -2.29. The maximum atomic E-state index is 14.0. The highest BCUT2D eigenvalue weighted by molar-refractivity contribution is 5.90. The predicted molar refractivity (Wildman–Crippen MR) is 89.5 cm³/mol. The van der Waals surface area contributed by atoms with Crippen molar-refractivity contribution < 1.29 is 18.3 Å². The molecule has 2 heterocycles. The van der Waals surface area contributed by atoms with Gasteiger partial charge in [0.25, 0.3) is 0 Å². The number of carbonyl (C=O) groups is 1. The first kappa shape index (κ1) is 17.1. The molecule has 1 aromatic carbocycles. The van der Waals surface area contributed by atoms with E-state index in [1.165, 1.54) is 4.90 Å². The number of carbonyl (C=O) groups excluding carboxylic acids is 1. The Balaban J connectivity index is 1.76. The average molecular weight is 347 g/mol. The van der Waals surface area contributed by atoms with E-state index < -0.39 is 17.7 Å². The number of anilines is 1. The number of hydrogen-bond donors (Lipinski definition) is 1. The summed E-state index contributed by atoms with van der Waals surface area (Å²) in [7, 11) is 0. The number of fused-ring (bicyclic) bond motifs is 1. The summed E-state index contributed by atoms with van der Waals surface area (Å²) < 4.78 is 33.3. The van der Waals surface area contributed by atoms with Gasteiger partial charge in [0.2, 0.25) is 5.88 Å². The summed E-state index contributed by atoms with van der Waals surface area (Å²) in [4.78, 5) is 18.1. The number of rotatable bonds is 3. The lowest BCUT2D eigenvalue weighted by molar-refractivity contribution is 0.204. The smallest absolute Gasteiger partial charge is 0.322 e. The van der Waals surface area contributed by atoms with Crippen molar-refractivity contribution in [2.24, 2.45) is 0 Å². The van der Waals surface area contributed by atoms with Crippen LogP contribution in [0, 0.1) is 11.6 Å². The first-order valence-corrected chi connectivity index (χ1v) is 8.09. The Kier molecular flexibility index (Phi) is 4.83. The molecule has 0 bridgehead atoms. The lowest BCUT2D eigenvalue weighted by atomic mass is 9.99. The van der Waals surface area contributed by atoms with Crippen LogP contribution in [-0.4, -0.2) is 28.6 Å². The summed E-state index contributed by atoms with van der Waals surface area (Å²) in [6, 6.07) is 5.17. The SMILES string of the molecule is CC(C)Oc1ncccc1NC(=O)N1CCc2c(F)ccc(F)c2C1. The van der Waals surface area contributed by atoms with Crippen molar-refractivity contribution in [3.05, 3.63) is 53.2 Å². The van der Waals surface area contributed by atoms with E-state index in [4.69, 9.17) is 4.74 Å². The van der Waals surface area contributed by atoms with Gasteiger partial charge in [-0.15, -0.1) is 0 Å². The van der Waals surface area contributed by atoms with Crippen LogP contribution in [0.15, 0.2) is 30.5 Å². The number of pyridine rings is 1. The van der Waals surface area contributed by atoms with Crippen molar-refractivity contribution in [3.63, 3.8) is 0 Å². The minimum Gasteiger partial charge on any atom is -0.473 e. The van der Waals surface area contributed by atoms with Crippen molar-refractivity contribution in [1.82, 2.24) is 9.88 Å². The summed E-state index contributed by atoms with van der Waals surface area (Å²) in [6.07, 6.45) is 1.75. The number of urea groups is 1. The molecule has 0 fully saturated rings. The van der Waals surface area contributed by atoms with Crippen LogP contribution in [0.25, 0.3) is 0 Å². The largest absolute Gasteiger partial charge is 0.473 e. The minimum absolute atomic E-state index is 0.0192. The zero-order valence-corrected chi connectivity index (χ0v) is 14.1. The summed E-state index contributed by atoms with van der Waals surface area (Å²) in [5.74, 6) is -0.615. The van der Waals surface area contributed by atoms with Crippen molar-refractivity contribution >= 4 is 11.7 Å². The number of benzene rings is 1. The molecule has 0 unspecified atom stereocenters. The van der Waals surface area contributed by atoms with Gasteiger partial charge in [0.15, 0.2) is 0 Å². The molecule has 7 heteroatoms. The van der Waals surface area contributed by atoms with Crippen LogP contribution in [0.4, 0.5) is 19.3 Å². The summed E-state index contributed by atoms with van der Waals surface area (Å²) in [5.41, 5.74) is 1.01.